The van der Waals surface area contributed by atoms with Gasteiger partial charge in [0.1, 0.15) is 6.04 Å². The smallest absolute Gasteiger partial charge is 0.249 e. The van der Waals surface area contributed by atoms with Crippen molar-refractivity contribution in [3.05, 3.63) is 78.4 Å². The Labute approximate surface area is 136 Å². The lowest BCUT2D eigenvalue weighted by Crippen LogP contribution is -2.32. The molecule has 0 radical (unpaired) electrons. The van der Waals surface area contributed by atoms with Gasteiger partial charge in [0.2, 0.25) is 5.91 Å². The first-order valence-electron chi connectivity index (χ1n) is 7.67. The molecule has 1 N–H and O–H groups in total. The van der Waals surface area contributed by atoms with Crippen LogP contribution in [0.25, 0.3) is 10.8 Å². The fraction of sp³-hybridized carbons (Fsp3) is 0.150. The van der Waals surface area contributed by atoms with E-state index in [-0.39, 0.29) is 5.91 Å². The summed E-state index contributed by atoms with van der Waals surface area (Å²) in [5, 5.41) is 5.70. The number of nitrogens with one attached hydrogen (secondary N) is 1. The molecule has 0 aromatic heterocycles. The second-order valence-electron chi connectivity index (χ2n) is 5.75. The van der Waals surface area contributed by atoms with Gasteiger partial charge in [-0.2, -0.15) is 0 Å². The average Bonchev–Trinajstić information content (AvgIpc) is 2.60. The van der Waals surface area contributed by atoms with E-state index in [2.05, 4.69) is 23.5 Å². The Morgan fingerprint density at radius 3 is 2.26 bits per heavy atom. The number of hydrogen-bond acceptors (Lipinski definition) is 2. The van der Waals surface area contributed by atoms with Gasteiger partial charge in [-0.25, -0.2) is 0 Å². The summed E-state index contributed by atoms with van der Waals surface area (Å²) in [7, 11) is 3.56. The molecule has 0 aliphatic rings. The molecule has 3 aromatic rings. The molecule has 3 aromatic carbocycles. The van der Waals surface area contributed by atoms with Gasteiger partial charge in [0.15, 0.2) is 0 Å². The number of benzene rings is 3. The lowest BCUT2D eigenvalue weighted by molar-refractivity contribution is -0.129. The van der Waals surface area contributed by atoms with E-state index < -0.39 is 6.04 Å². The van der Waals surface area contributed by atoms with Crippen LogP contribution < -0.4 is 5.32 Å². The maximum atomic E-state index is 12.6. The van der Waals surface area contributed by atoms with Crippen molar-refractivity contribution >= 4 is 22.4 Å². The minimum atomic E-state index is -0.406. The van der Waals surface area contributed by atoms with E-state index in [0.717, 1.165) is 22.0 Å². The average molecular weight is 304 g/mol. The highest BCUT2D eigenvalue weighted by molar-refractivity contribution is 5.96. The Kier molecular flexibility index (Phi) is 4.29. The molecule has 3 heteroatoms. The summed E-state index contributed by atoms with van der Waals surface area (Å²) < 4.78 is 0. The first-order valence-corrected chi connectivity index (χ1v) is 7.67. The normalized spacial score (nSPS) is 11.9. The summed E-state index contributed by atoms with van der Waals surface area (Å²) in [5.41, 5.74) is 1.92. The van der Waals surface area contributed by atoms with Crippen molar-refractivity contribution in [2.75, 3.05) is 19.4 Å². The highest BCUT2D eigenvalue weighted by atomic mass is 16.2. The fourth-order valence-corrected chi connectivity index (χ4v) is 2.70. The van der Waals surface area contributed by atoms with Crippen LogP contribution in [0.5, 0.6) is 0 Å². The van der Waals surface area contributed by atoms with Crippen LogP contribution in [0.1, 0.15) is 11.6 Å². The maximum Gasteiger partial charge on any atom is 0.249 e. The zero-order chi connectivity index (χ0) is 16.2. The molecule has 0 aliphatic carbocycles. The van der Waals surface area contributed by atoms with E-state index in [1.54, 1.807) is 19.0 Å². The molecule has 0 saturated heterocycles. The van der Waals surface area contributed by atoms with Crippen molar-refractivity contribution < 1.29 is 4.79 Å². The summed E-state index contributed by atoms with van der Waals surface area (Å²) >= 11 is 0. The van der Waals surface area contributed by atoms with Crippen LogP contribution >= 0.6 is 0 Å². The summed E-state index contributed by atoms with van der Waals surface area (Å²) in [6.07, 6.45) is 0. The lowest BCUT2D eigenvalue weighted by Gasteiger charge is -2.23. The minimum Gasteiger partial charge on any atom is -0.370 e. The van der Waals surface area contributed by atoms with Gasteiger partial charge < -0.3 is 10.2 Å². The SMILES string of the molecule is CN(C)C(=O)[C@@H](Nc1cccc2ccccc12)c1ccccc1. The predicted octanol–water partition coefficient (Wildman–Crippen LogP) is 4.08. The Balaban J connectivity index is 2.02. The van der Waals surface area contributed by atoms with E-state index in [0.29, 0.717) is 0 Å². The van der Waals surface area contributed by atoms with Gasteiger partial charge in [-0.05, 0) is 17.0 Å². The van der Waals surface area contributed by atoms with E-state index in [1.807, 2.05) is 54.6 Å². The molecule has 0 spiro atoms. The molecule has 0 heterocycles. The van der Waals surface area contributed by atoms with Gasteiger partial charge in [0, 0.05) is 25.2 Å². The quantitative estimate of drug-likeness (QED) is 0.787. The van der Waals surface area contributed by atoms with Crippen LogP contribution in [0.15, 0.2) is 72.8 Å². The third-order valence-corrected chi connectivity index (χ3v) is 3.91. The second kappa shape index (κ2) is 6.53. The van der Waals surface area contributed by atoms with E-state index >= 15 is 0 Å². The summed E-state index contributed by atoms with van der Waals surface area (Å²) in [6.45, 7) is 0. The highest BCUT2D eigenvalue weighted by Gasteiger charge is 2.22. The number of nitrogens with zero attached hydrogens (tertiary/aromatic N) is 1. The molecule has 116 valence electrons. The Morgan fingerprint density at radius 2 is 1.52 bits per heavy atom. The van der Waals surface area contributed by atoms with Gasteiger partial charge in [-0.1, -0.05) is 66.7 Å². The Hall–Kier alpha value is -2.81. The highest BCUT2D eigenvalue weighted by Crippen LogP contribution is 2.27. The maximum absolute atomic E-state index is 12.6. The first-order chi connectivity index (χ1) is 11.2. The molecule has 0 aliphatic heterocycles. The molecule has 0 unspecified atom stereocenters. The Bertz CT molecular complexity index is 807. The van der Waals surface area contributed by atoms with Crippen molar-refractivity contribution in [3.8, 4) is 0 Å². The number of amides is 1. The number of fused-ring (bicyclic) bond motifs is 1. The van der Waals surface area contributed by atoms with E-state index in [4.69, 9.17) is 0 Å². The molecule has 0 fully saturated rings. The topological polar surface area (TPSA) is 32.3 Å². The van der Waals surface area contributed by atoms with Crippen LogP contribution in [0.3, 0.4) is 0 Å². The second-order valence-corrected chi connectivity index (χ2v) is 5.75. The van der Waals surface area contributed by atoms with Crippen LogP contribution in [-0.2, 0) is 4.79 Å². The number of carbonyl (C=O) groups is 1. The standard InChI is InChI=1S/C20H20N2O/c1-22(2)20(23)19(16-10-4-3-5-11-16)21-18-14-8-12-15-9-6-7-13-17(15)18/h3-14,19,21H,1-2H3/t19-/m0/s1. The molecular formula is C20H20N2O. The summed E-state index contributed by atoms with van der Waals surface area (Å²) in [5.74, 6) is 0.0316. The number of carbonyl (C=O) groups excluding carboxylic acids is 1. The van der Waals surface area contributed by atoms with E-state index in [1.165, 1.54) is 0 Å². The number of rotatable bonds is 4. The molecule has 1 amide bonds. The van der Waals surface area contributed by atoms with Gasteiger partial charge in [0.05, 0.1) is 0 Å². The zero-order valence-electron chi connectivity index (χ0n) is 13.4. The van der Waals surface area contributed by atoms with Crippen LogP contribution in [0.4, 0.5) is 5.69 Å². The largest absolute Gasteiger partial charge is 0.370 e. The monoisotopic (exact) mass is 304 g/mol. The fourth-order valence-electron chi connectivity index (χ4n) is 2.70. The van der Waals surface area contributed by atoms with Crippen molar-refractivity contribution in [1.29, 1.82) is 0 Å². The van der Waals surface area contributed by atoms with Gasteiger partial charge in [0.25, 0.3) is 0 Å². The third-order valence-electron chi connectivity index (χ3n) is 3.91. The molecule has 0 saturated carbocycles. The van der Waals surface area contributed by atoms with Crippen molar-refractivity contribution in [2.45, 2.75) is 6.04 Å². The molecule has 1 atom stereocenters. The first kappa shape index (κ1) is 15.1. The lowest BCUT2D eigenvalue weighted by atomic mass is 10.0. The van der Waals surface area contributed by atoms with Crippen molar-refractivity contribution in [1.82, 2.24) is 4.90 Å². The molecule has 23 heavy (non-hydrogen) atoms. The molecule has 3 rings (SSSR count). The van der Waals surface area contributed by atoms with Gasteiger partial charge >= 0.3 is 0 Å². The van der Waals surface area contributed by atoms with Crippen LogP contribution in [0, 0.1) is 0 Å². The van der Waals surface area contributed by atoms with Crippen LogP contribution in [0.2, 0.25) is 0 Å². The van der Waals surface area contributed by atoms with Crippen molar-refractivity contribution in [2.24, 2.45) is 0 Å². The minimum absolute atomic E-state index is 0.0316. The zero-order valence-corrected chi connectivity index (χ0v) is 13.4. The molecule has 0 bridgehead atoms. The van der Waals surface area contributed by atoms with Gasteiger partial charge in [-0.15, -0.1) is 0 Å². The summed E-state index contributed by atoms with van der Waals surface area (Å²) in [4.78, 5) is 14.3. The van der Waals surface area contributed by atoms with E-state index in [9.17, 15) is 4.79 Å². The summed E-state index contributed by atoms with van der Waals surface area (Å²) in [6, 6.07) is 23.7. The van der Waals surface area contributed by atoms with Gasteiger partial charge in [-0.3, -0.25) is 4.79 Å². The number of hydrogen-bond donors (Lipinski definition) is 1. The number of anilines is 1. The third kappa shape index (κ3) is 3.19. The van der Waals surface area contributed by atoms with Crippen LogP contribution in [-0.4, -0.2) is 24.9 Å². The number of likely N-dealkylation sites (N-methyl/N-ethyl adjacent to an activating group) is 1. The molecular weight excluding hydrogens is 284 g/mol. The van der Waals surface area contributed by atoms with Crippen molar-refractivity contribution in [3.63, 3.8) is 0 Å². The predicted molar refractivity (Wildman–Crippen MR) is 95.4 cm³/mol. The molecule has 3 nitrogen and oxygen atoms in total. The Morgan fingerprint density at radius 1 is 0.870 bits per heavy atom.